The third-order valence-corrected chi connectivity index (χ3v) is 7.39. The molecule has 0 bridgehead atoms. The van der Waals surface area contributed by atoms with Crippen LogP contribution in [0.2, 0.25) is 0 Å². The van der Waals surface area contributed by atoms with Crippen LogP contribution in [-0.4, -0.2) is 39.0 Å². The van der Waals surface area contributed by atoms with Gasteiger partial charge in [-0.1, -0.05) is 49.7 Å². The molecule has 0 atom stereocenters. The second-order valence-corrected chi connectivity index (χ2v) is 10.0. The lowest BCUT2D eigenvalue weighted by atomic mass is 10.0. The summed E-state index contributed by atoms with van der Waals surface area (Å²) in [7, 11) is -3.59. The summed E-state index contributed by atoms with van der Waals surface area (Å²) in [5.41, 5.74) is 1.89. The van der Waals surface area contributed by atoms with E-state index in [2.05, 4.69) is 18.7 Å². The van der Waals surface area contributed by atoms with Gasteiger partial charge in [-0.25, -0.2) is 8.42 Å². The maximum atomic E-state index is 13.5. The Morgan fingerprint density at radius 3 is 2.18 bits per heavy atom. The number of nitrogens with zero attached hydrogens (tertiary/aromatic N) is 2. The summed E-state index contributed by atoms with van der Waals surface area (Å²) < 4.78 is 28.7. The van der Waals surface area contributed by atoms with Gasteiger partial charge in [0.2, 0.25) is 0 Å². The van der Waals surface area contributed by atoms with Crippen LogP contribution in [0.1, 0.15) is 38.7 Å². The van der Waals surface area contributed by atoms with Gasteiger partial charge in [0.15, 0.2) is 0 Å². The Kier molecular flexibility index (Phi) is 6.78. The fourth-order valence-corrected chi connectivity index (χ4v) is 5.49. The standard InChI is InChI=1S/C23H32N2O2S/c1-19(2)13-16-24-17-14-22(15-18-24)25(21-11-9-20(3)10-12-21)28(26,27)23-7-5-4-6-8-23/h4-12,19,22H,13-18H2,1-3H3. The van der Waals surface area contributed by atoms with Crippen LogP contribution in [0.25, 0.3) is 0 Å². The van der Waals surface area contributed by atoms with Crippen LogP contribution < -0.4 is 4.31 Å². The molecule has 4 nitrogen and oxygen atoms in total. The molecule has 0 aromatic heterocycles. The lowest BCUT2D eigenvalue weighted by Gasteiger charge is -2.39. The normalized spacial score (nSPS) is 16.4. The summed E-state index contributed by atoms with van der Waals surface area (Å²) in [5.74, 6) is 0.695. The average Bonchev–Trinajstić information content (AvgIpc) is 2.69. The van der Waals surface area contributed by atoms with E-state index in [-0.39, 0.29) is 6.04 Å². The highest BCUT2D eigenvalue weighted by Gasteiger charge is 2.34. The molecule has 1 fully saturated rings. The predicted octanol–water partition coefficient (Wildman–Crippen LogP) is 4.70. The lowest BCUT2D eigenvalue weighted by Crippen LogP contribution is -2.47. The highest BCUT2D eigenvalue weighted by Crippen LogP contribution is 2.30. The number of anilines is 1. The molecule has 1 aliphatic rings. The van der Waals surface area contributed by atoms with E-state index in [4.69, 9.17) is 0 Å². The highest BCUT2D eigenvalue weighted by atomic mass is 32.2. The monoisotopic (exact) mass is 400 g/mol. The van der Waals surface area contributed by atoms with E-state index >= 15 is 0 Å². The SMILES string of the molecule is Cc1ccc(N(C2CCN(CCC(C)C)CC2)S(=O)(=O)c2ccccc2)cc1. The van der Waals surface area contributed by atoms with Crippen molar-refractivity contribution in [3.8, 4) is 0 Å². The van der Waals surface area contributed by atoms with E-state index in [1.807, 2.05) is 37.3 Å². The van der Waals surface area contributed by atoms with Gasteiger partial charge in [-0.3, -0.25) is 4.31 Å². The highest BCUT2D eigenvalue weighted by molar-refractivity contribution is 7.92. The number of rotatable bonds is 7. The number of hydrogen-bond acceptors (Lipinski definition) is 3. The lowest BCUT2D eigenvalue weighted by molar-refractivity contribution is 0.204. The van der Waals surface area contributed by atoms with Crippen molar-refractivity contribution in [3.05, 3.63) is 60.2 Å². The first-order valence-corrected chi connectivity index (χ1v) is 11.7. The molecule has 2 aromatic rings. The summed E-state index contributed by atoms with van der Waals surface area (Å²) in [6.07, 6.45) is 2.91. The van der Waals surface area contributed by atoms with Crippen LogP contribution in [0, 0.1) is 12.8 Å². The third kappa shape index (κ3) is 4.95. The molecule has 0 aliphatic carbocycles. The van der Waals surface area contributed by atoms with E-state index in [9.17, 15) is 8.42 Å². The number of piperidine rings is 1. The van der Waals surface area contributed by atoms with Gasteiger partial charge in [0, 0.05) is 19.1 Å². The van der Waals surface area contributed by atoms with Gasteiger partial charge < -0.3 is 4.90 Å². The molecule has 28 heavy (non-hydrogen) atoms. The third-order valence-electron chi connectivity index (χ3n) is 5.50. The van der Waals surface area contributed by atoms with Gasteiger partial charge in [0.1, 0.15) is 0 Å². The molecular formula is C23H32N2O2S. The van der Waals surface area contributed by atoms with Gasteiger partial charge >= 0.3 is 0 Å². The number of aryl methyl sites for hydroxylation is 1. The van der Waals surface area contributed by atoms with Crippen molar-refractivity contribution in [2.75, 3.05) is 23.9 Å². The average molecular weight is 401 g/mol. The van der Waals surface area contributed by atoms with Crippen molar-refractivity contribution >= 4 is 15.7 Å². The smallest absolute Gasteiger partial charge is 0.264 e. The minimum Gasteiger partial charge on any atom is -0.303 e. The second kappa shape index (κ2) is 9.10. The zero-order valence-corrected chi connectivity index (χ0v) is 18.0. The minimum absolute atomic E-state index is 0.0109. The fraction of sp³-hybridized carbons (Fsp3) is 0.478. The van der Waals surface area contributed by atoms with Crippen LogP contribution in [-0.2, 0) is 10.0 Å². The Labute approximate surface area is 170 Å². The van der Waals surface area contributed by atoms with Crippen molar-refractivity contribution in [2.45, 2.75) is 51.0 Å². The molecular weight excluding hydrogens is 368 g/mol. The largest absolute Gasteiger partial charge is 0.303 e. The molecule has 0 amide bonds. The van der Waals surface area contributed by atoms with Gasteiger partial charge in [0.05, 0.1) is 10.6 Å². The predicted molar refractivity (Wildman–Crippen MR) is 116 cm³/mol. The van der Waals surface area contributed by atoms with Crippen molar-refractivity contribution in [1.29, 1.82) is 0 Å². The summed E-state index contributed by atoms with van der Waals surface area (Å²) >= 11 is 0. The van der Waals surface area contributed by atoms with Gasteiger partial charge in [-0.15, -0.1) is 0 Å². The summed E-state index contributed by atoms with van der Waals surface area (Å²) in [6, 6.07) is 16.6. The summed E-state index contributed by atoms with van der Waals surface area (Å²) in [6.45, 7) is 9.51. The van der Waals surface area contributed by atoms with Gasteiger partial charge in [-0.05, 0) is 62.9 Å². The zero-order chi connectivity index (χ0) is 20.1. The molecule has 1 saturated heterocycles. The summed E-state index contributed by atoms with van der Waals surface area (Å²) in [4.78, 5) is 2.83. The maximum Gasteiger partial charge on any atom is 0.264 e. The molecule has 3 rings (SSSR count). The molecule has 1 heterocycles. The quantitative estimate of drug-likeness (QED) is 0.676. The van der Waals surface area contributed by atoms with Crippen LogP contribution in [0.5, 0.6) is 0 Å². The first-order valence-electron chi connectivity index (χ1n) is 10.3. The zero-order valence-electron chi connectivity index (χ0n) is 17.2. The Hall–Kier alpha value is -1.85. The fourth-order valence-electron chi connectivity index (χ4n) is 3.76. The van der Waals surface area contributed by atoms with Gasteiger partial charge in [-0.2, -0.15) is 0 Å². The van der Waals surface area contributed by atoms with Crippen molar-refractivity contribution in [1.82, 2.24) is 4.90 Å². The number of likely N-dealkylation sites (tertiary alicyclic amines) is 1. The van der Waals surface area contributed by atoms with Crippen LogP contribution in [0.15, 0.2) is 59.5 Å². The topological polar surface area (TPSA) is 40.6 Å². The van der Waals surface area contributed by atoms with Crippen molar-refractivity contribution in [2.24, 2.45) is 5.92 Å². The molecule has 0 spiro atoms. The molecule has 1 aliphatic heterocycles. The number of benzene rings is 2. The Balaban J connectivity index is 1.85. The Morgan fingerprint density at radius 2 is 1.61 bits per heavy atom. The summed E-state index contributed by atoms with van der Waals surface area (Å²) in [5, 5.41) is 0. The van der Waals surface area contributed by atoms with E-state index in [0.717, 1.165) is 43.7 Å². The molecule has 0 N–H and O–H groups in total. The van der Waals surface area contributed by atoms with Crippen molar-refractivity contribution < 1.29 is 8.42 Å². The Bertz CT molecular complexity index is 840. The minimum atomic E-state index is -3.59. The van der Waals surface area contributed by atoms with E-state index in [1.54, 1.807) is 28.6 Å². The first kappa shape index (κ1) is 20.9. The molecule has 0 saturated carbocycles. The van der Waals surface area contributed by atoms with E-state index in [0.29, 0.717) is 10.8 Å². The van der Waals surface area contributed by atoms with Crippen molar-refractivity contribution in [3.63, 3.8) is 0 Å². The second-order valence-electron chi connectivity index (χ2n) is 8.20. The van der Waals surface area contributed by atoms with Gasteiger partial charge in [0.25, 0.3) is 10.0 Å². The number of sulfonamides is 1. The van der Waals surface area contributed by atoms with Crippen LogP contribution in [0.3, 0.4) is 0 Å². The first-order chi connectivity index (χ1) is 13.4. The maximum absolute atomic E-state index is 13.5. The Morgan fingerprint density at radius 1 is 1.00 bits per heavy atom. The molecule has 5 heteroatoms. The molecule has 0 unspecified atom stereocenters. The van der Waals surface area contributed by atoms with Crippen LogP contribution in [0.4, 0.5) is 5.69 Å². The molecule has 152 valence electrons. The molecule has 0 radical (unpaired) electrons. The number of hydrogen-bond donors (Lipinski definition) is 0. The van der Waals surface area contributed by atoms with Crippen LogP contribution >= 0.6 is 0 Å². The van der Waals surface area contributed by atoms with E-state index in [1.165, 1.54) is 6.42 Å². The van der Waals surface area contributed by atoms with E-state index < -0.39 is 10.0 Å². The molecule has 2 aromatic carbocycles.